The molecule has 2 aromatic rings. The molecule has 0 aliphatic heterocycles. The van der Waals surface area contributed by atoms with Gasteiger partial charge in [0.2, 0.25) is 0 Å². The summed E-state index contributed by atoms with van der Waals surface area (Å²) >= 11 is 1.65. The van der Waals surface area contributed by atoms with Gasteiger partial charge in [0, 0.05) is 24.1 Å². The van der Waals surface area contributed by atoms with E-state index in [1.165, 1.54) is 0 Å². The highest BCUT2D eigenvalue weighted by atomic mass is 32.2. The third-order valence-electron chi connectivity index (χ3n) is 3.39. The van der Waals surface area contributed by atoms with Crippen molar-refractivity contribution in [1.82, 2.24) is 5.32 Å². The maximum Gasteiger partial charge on any atom is 0.253 e. The molecule has 3 N–H and O–H groups in total. The molecule has 0 spiro atoms. The molecule has 0 aliphatic rings. The van der Waals surface area contributed by atoms with Gasteiger partial charge in [0.1, 0.15) is 5.76 Å². The number of rotatable bonds is 9. The molecule has 0 saturated heterocycles. The molecule has 1 aromatic heterocycles. The highest BCUT2D eigenvalue weighted by Gasteiger charge is 2.15. The van der Waals surface area contributed by atoms with Crippen LogP contribution in [0.4, 0.5) is 5.69 Å². The van der Waals surface area contributed by atoms with Crippen molar-refractivity contribution >= 4 is 23.4 Å². The lowest BCUT2D eigenvalue weighted by molar-refractivity contribution is 0.0936. The number of anilines is 1. The van der Waals surface area contributed by atoms with Crippen molar-refractivity contribution in [3.05, 3.63) is 54.0 Å². The fraction of sp³-hybridized carbons (Fsp3) is 0.353. The van der Waals surface area contributed by atoms with Crippen molar-refractivity contribution < 1.29 is 14.3 Å². The van der Waals surface area contributed by atoms with Crippen LogP contribution in [0.2, 0.25) is 0 Å². The first kappa shape index (κ1) is 17.4. The van der Waals surface area contributed by atoms with Crippen LogP contribution in [0.25, 0.3) is 0 Å². The van der Waals surface area contributed by atoms with Crippen LogP contribution >= 0.6 is 11.8 Å². The van der Waals surface area contributed by atoms with Gasteiger partial charge in [-0.3, -0.25) is 4.79 Å². The van der Waals surface area contributed by atoms with Crippen molar-refractivity contribution in [1.29, 1.82) is 0 Å². The fourth-order valence-electron chi connectivity index (χ4n) is 2.25. The lowest BCUT2D eigenvalue weighted by Gasteiger charge is -2.18. The standard InChI is InChI=1S/C17H22N2O3S/c1-23-12-13(8-9-20)19-17(21)15-6-2-3-7-16(15)18-11-14-5-4-10-22-14/h2-7,10,13,18,20H,8-9,11-12H2,1H3,(H,19,21). The molecule has 1 unspecified atom stereocenters. The number of carbonyl (C=O) groups is 1. The Kier molecular flexibility index (Phi) is 7.03. The summed E-state index contributed by atoms with van der Waals surface area (Å²) < 4.78 is 5.29. The lowest BCUT2D eigenvalue weighted by Crippen LogP contribution is -2.37. The molecule has 124 valence electrons. The maximum absolute atomic E-state index is 12.5. The van der Waals surface area contributed by atoms with Gasteiger partial charge in [-0.15, -0.1) is 0 Å². The van der Waals surface area contributed by atoms with E-state index in [4.69, 9.17) is 9.52 Å². The van der Waals surface area contributed by atoms with E-state index in [1.54, 1.807) is 24.1 Å². The van der Waals surface area contributed by atoms with E-state index in [9.17, 15) is 4.79 Å². The number of thioether (sulfide) groups is 1. The minimum atomic E-state index is -0.139. The number of amides is 1. The van der Waals surface area contributed by atoms with E-state index in [0.29, 0.717) is 18.5 Å². The van der Waals surface area contributed by atoms with Gasteiger partial charge < -0.3 is 20.2 Å². The molecule has 0 bridgehead atoms. The predicted molar refractivity (Wildman–Crippen MR) is 93.8 cm³/mol. The van der Waals surface area contributed by atoms with Gasteiger partial charge in [0.25, 0.3) is 5.91 Å². The molecule has 23 heavy (non-hydrogen) atoms. The molecule has 5 nitrogen and oxygen atoms in total. The second-order valence-corrected chi connectivity index (χ2v) is 6.03. The summed E-state index contributed by atoms with van der Waals surface area (Å²) in [6.07, 6.45) is 4.15. The van der Waals surface area contributed by atoms with Gasteiger partial charge in [-0.25, -0.2) is 0 Å². The Morgan fingerprint density at radius 1 is 1.30 bits per heavy atom. The van der Waals surface area contributed by atoms with Gasteiger partial charge in [-0.2, -0.15) is 11.8 Å². The molecule has 2 rings (SSSR count). The lowest BCUT2D eigenvalue weighted by atomic mass is 10.1. The normalized spacial score (nSPS) is 11.9. The maximum atomic E-state index is 12.5. The van der Waals surface area contributed by atoms with Gasteiger partial charge in [-0.1, -0.05) is 12.1 Å². The molecule has 0 aliphatic carbocycles. The summed E-state index contributed by atoms with van der Waals surface area (Å²) in [7, 11) is 0. The largest absolute Gasteiger partial charge is 0.467 e. The SMILES string of the molecule is CSCC(CCO)NC(=O)c1ccccc1NCc1ccco1. The molecule has 1 atom stereocenters. The average molecular weight is 334 g/mol. The smallest absolute Gasteiger partial charge is 0.253 e. The molecule has 1 amide bonds. The highest BCUT2D eigenvalue weighted by Crippen LogP contribution is 2.17. The van der Waals surface area contributed by atoms with Crippen LogP contribution in [0, 0.1) is 0 Å². The fourth-order valence-corrected chi connectivity index (χ4v) is 2.90. The summed E-state index contributed by atoms with van der Waals surface area (Å²) in [6, 6.07) is 11.0. The zero-order chi connectivity index (χ0) is 16.5. The summed E-state index contributed by atoms with van der Waals surface area (Å²) in [5.74, 6) is 1.44. The molecule has 6 heteroatoms. The monoisotopic (exact) mass is 334 g/mol. The highest BCUT2D eigenvalue weighted by molar-refractivity contribution is 7.98. The Morgan fingerprint density at radius 3 is 2.83 bits per heavy atom. The topological polar surface area (TPSA) is 74.5 Å². The predicted octanol–water partition coefficient (Wildman–Crippen LogP) is 2.74. The third kappa shape index (κ3) is 5.33. The summed E-state index contributed by atoms with van der Waals surface area (Å²) in [4.78, 5) is 12.5. The molecule has 0 fully saturated rings. The number of hydrogen-bond donors (Lipinski definition) is 3. The molecular formula is C17H22N2O3S. The number of hydrogen-bond acceptors (Lipinski definition) is 5. The van der Waals surface area contributed by atoms with Crippen molar-refractivity contribution in [2.24, 2.45) is 0 Å². The van der Waals surface area contributed by atoms with Crippen molar-refractivity contribution in [3.63, 3.8) is 0 Å². The van der Waals surface area contributed by atoms with Crippen LogP contribution < -0.4 is 10.6 Å². The average Bonchev–Trinajstić information content (AvgIpc) is 3.07. The molecule has 0 saturated carbocycles. The summed E-state index contributed by atoms with van der Waals surface area (Å²) in [6.45, 7) is 0.575. The van der Waals surface area contributed by atoms with Crippen molar-refractivity contribution in [2.75, 3.05) is 23.9 Å². The Balaban J connectivity index is 2.04. The van der Waals surface area contributed by atoms with Crippen LogP contribution in [0.3, 0.4) is 0 Å². The number of nitrogens with one attached hydrogen (secondary N) is 2. The minimum Gasteiger partial charge on any atom is -0.467 e. The first-order valence-corrected chi connectivity index (χ1v) is 8.90. The Labute approximate surface area is 140 Å². The number of carbonyl (C=O) groups excluding carboxylic acids is 1. The van der Waals surface area contributed by atoms with E-state index < -0.39 is 0 Å². The van der Waals surface area contributed by atoms with Gasteiger partial charge in [0.05, 0.1) is 18.4 Å². The number of aliphatic hydroxyl groups is 1. The third-order valence-corrected chi connectivity index (χ3v) is 4.12. The van der Waals surface area contributed by atoms with E-state index in [-0.39, 0.29) is 18.6 Å². The Hall–Kier alpha value is -1.92. The Bertz CT molecular complexity index is 596. The zero-order valence-corrected chi connectivity index (χ0v) is 13.9. The van der Waals surface area contributed by atoms with Gasteiger partial charge in [-0.05, 0) is 36.9 Å². The summed E-state index contributed by atoms with van der Waals surface area (Å²) in [5.41, 5.74) is 1.34. The number of para-hydroxylation sites is 1. The second-order valence-electron chi connectivity index (χ2n) is 5.12. The Morgan fingerprint density at radius 2 is 2.13 bits per heavy atom. The van der Waals surface area contributed by atoms with E-state index >= 15 is 0 Å². The van der Waals surface area contributed by atoms with Crippen LogP contribution in [-0.4, -0.2) is 35.7 Å². The molecule has 0 radical (unpaired) electrons. The number of benzene rings is 1. The van der Waals surface area contributed by atoms with E-state index in [1.807, 2.05) is 36.6 Å². The van der Waals surface area contributed by atoms with Crippen molar-refractivity contribution in [3.8, 4) is 0 Å². The van der Waals surface area contributed by atoms with Crippen LogP contribution in [0.5, 0.6) is 0 Å². The minimum absolute atomic E-state index is 0.0411. The molecule has 1 heterocycles. The van der Waals surface area contributed by atoms with Crippen LogP contribution in [-0.2, 0) is 6.54 Å². The van der Waals surface area contributed by atoms with E-state index in [0.717, 1.165) is 17.2 Å². The van der Waals surface area contributed by atoms with Gasteiger partial charge >= 0.3 is 0 Å². The van der Waals surface area contributed by atoms with Crippen LogP contribution in [0.1, 0.15) is 22.5 Å². The molecular weight excluding hydrogens is 312 g/mol. The van der Waals surface area contributed by atoms with Crippen LogP contribution in [0.15, 0.2) is 47.1 Å². The first-order valence-electron chi connectivity index (χ1n) is 7.50. The summed E-state index contributed by atoms with van der Waals surface area (Å²) in [5, 5.41) is 15.3. The van der Waals surface area contributed by atoms with E-state index in [2.05, 4.69) is 10.6 Å². The quantitative estimate of drug-likeness (QED) is 0.657. The first-order chi connectivity index (χ1) is 11.2. The zero-order valence-electron chi connectivity index (χ0n) is 13.1. The second kappa shape index (κ2) is 9.27. The number of aliphatic hydroxyl groups excluding tert-OH is 1. The number of furan rings is 1. The molecule has 1 aromatic carbocycles. The van der Waals surface area contributed by atoms with Crippen molar-refractivity contribution in [2.45, 2.75) is 19.0 Å². The van der Waals surface area contributed by atoms with Gasteiger partial charge in [0.15, 0.2) is 0 Å².